The number of carbonyl (C=O) groups excluding carboxylic acids is 1. The number of rotatable bonds is 5. The van der Waals surface area contributed by atoms with Crippen molar-refractivity contribution in [3.63, 3.8) is 0 Å². The van der Waals surface area contributed by atoms with E-state index in [2.05, 4.69) is 22.5 Å². The summed E-state index contributed by atoms with van der Waals surface area (Å²) < 4.78 is 5.88. The fourth-order valence-corrected chi connectivity index (χ4v) is 3.59. The van der Waals surface area contributed by atoms with Crippen LogP contribution in [-0.4, -0.2) is 21.1 Å². The van der Waals surface area contributed by atoms with E-state index in [4.69, 9.17) is 16.6 Å². The minimum atomic E-state index is -0.349. The SMILES string of the molecule is CCc1ccc2oc(-c3cc(NC(=S)NC(=O)C=Cc4ccccc4)cc(C)c3O)nc2c1. The molecule has 0 saturated carbocycles. The number of benzene rings is 3. The average Bonchev–Trinajstić information content (AvgIpc) is 3.23. The second-order valence-electron chi connectivity index (χ2n) is 7.55. The molecule has 0 aliphatic rings. The Bertz CT molecular complexity index is 1360. The van der Waals surface area contributed by atoms with Crippen molar-refractivity contribution >= 4 is 46.1 Å². The van der Waals surface area contributed by atoms with E-state index in [1.54, 1.807) is 25.1 Å². The second kappa shape index (κ2) is 9.67. The van der Waals surface area contributed by atoms with Crippen LogP contribution < -0.4 is 10.6 Å². The van der Waals surface area contributed by atoms with E-state index < -0.39 is 0 Å². The number of phenolic OH excluding ortho intramolecular Hbond substituents is 1. The first-order valence-corrected chi connectivity index (χ1v) is 10.9. The number of thiocarbonyl (C=S) groups is 1. The molecule has 33 heavy (non-hydrogen) atoms. The molecule has 166 valence electrons. The van der Waals surface area contributed by atoms with Crippen molar-refractivity contribution in [3.05, 3.63) is 83.4 Å². The highest BCUT2D eigenvalue weighted by Gasteiger charge is 2.16. The van der Waals surface area contributed by atoms with Gasteiger partial charge >= 0.3 is 0 Å². The molecule has 0 aliphatic heterocycles. The number of anilines is 1. The highest BCUT2D eigenvalue weighted by molar-refractivity contribution is 7.80. The molecule has 7 heteroatoms. The summed E-state index contributed by atoms with van der Waals surface area (Å²) in [5.74, 6) is 0.0320. The molecule has 4 aromatic rings. The number of hydrogen-bond donors (Lipinski definition) is 3. The van der Waals surface area contributed by atoms with E-state index in [0.717, 1.165) is 23.1 Å². The van der Waals surface area contributed by atoms with E-state index >= 15 is 0 Å². The number of nitrogens with one attached hydrogen (secondary N) is 2. The number of fused-ring (bicyclic) bond motifs is 1. The van der Waals surface area contributed by atoms with Crippen molar-refractivity contribution in [2.45, 2.75) is 20.3 Å². The van der Waals surface area contributed by atoms with Gasteiger partial charge in [0.05, 0.1) is 5.56 Å². The summed E-state index contributed by atoms with van der Waals surface area (Å²) in [5, 5.41) is 16.4. The van der Waals surface area contributed by atoms with Crippen molar-refractivity contribution in [1.82, 2.24) is 10.3 Å². The number of oxazole rings is 1. The van der Waals surface area contributed by atoms with E-state index in [9.17, 15) is 9.90 Å². The first-order chi connectivity index (χ1) is 15.9. The molecule has 0 bridgehead atoms. The third-order valence-corrected chi connectivity index (χ3v) is 5.32. The summed E-state index contributed by atoms with van der Waals surface area (Å²) in [6.07, 6.45) is 4.02. The van der Waals surface area contributed by atoms with Gasteiger partial charge in [-0.15, -0.1) is 0 Å². The van der Waals surface area contributed by atoms with E-state index in [0.29, 0.717) is 28.3 Å². The van der Waals surface area contributed by atoms with Crippen molar-refractivity contribution in [2.24, 2.45) is 0 Å². The third kappa shape index (κ3) is 5.27. The van der Waals surface area contributed by atoms with E-state index in [1.807, 2.05) is 48.5 Å². The van der Waals surface area contributed by atoms with Gasteiger partial charge in [0.2, 0.25) is 11.8 Å². The topological polar surface area (TPSA) is 87.4 Å². The van der Waals surface area contributed by atoms with Crippen molar-refractivity contribution in [2.75, 3.05) is 5.32 Å². The monoisotopic (exact) mass is 457 g/mol. The summed E-state index contributed by atoms with van der Waals surface area (Å²) in [6, 6.07) is 18.8. The Kier molecular flexibility index (Phi) is 6.51. The number of amides is 1. The summed E-state index contributed by atoms with van der Waals surface area (Å²) in [7, 11) is 0. The first-order valence-electron chi connectivity index (χ1n) is 10.5. The second-order valence-corrected chi connectivity index (χ2v) is 7.96. The zero-order chi connectivity index (χ0) is 23.4. The summed E-state index contributed by atoms with van der Waals surface area (Å²) in [4.78, 5) is 16.7. The molecule has 6 nitrogen and oxygen atoms in total. The number of aromatic nitrogens is 1. The maximum Gasteiger partial charge on any atom is 0.250 e. The van der Waals surface area contributed by atoms with Gasteiger partial charge in [0, 0.05) is 11.8 Å². The van der Waals surface area contributed by atoms with Crippen LogP contribution in [0.3, 0.4) is 0 Å². The van der Waals surface area contributed by atoms with Gasteiger partial charge in [-0.3, -0.25) is 10.1 Å². The quantitative estimate of drug-likeness (QED) is 0.205. The van der Waals surface area contributed by atoms with Crippen LogP contribution in [-0.2, 0) is 11.2 Å². The predicted octanol–water partition coefficient (Wildman–Crippen LogP) is 5.60. The molecule has 0 saturated heterocycles. The van der Waals surface area contributed by atoms with Gasteiger partial charge in [-0.1, -0.05) is 43.3 Å². The highest BCUT2D eigenvalue weighted by Crippen LogP contribution is 2.36. The van der Waals surface area contributed by atoms with E-state index in [1.165, 1.54) is 6.08 Å². The van der Waals surface area contributed by atoms with Gasteiger partial charge in [-0.25, -0.2) is 4.98 Å². The molecule has 0 radical (unpaired) electrons. The Balaban J connectivity index is 1.51. The van der Waals surface area contributed by atoms with Gasteiger partial charge in [0.25, 0.3) is 0 Å². The number of phenols is 1. The lowest BCUT2D eigenvalue weighted by Crippen LogP contribution is -2.32. The van der Waals surface area contributed by atoms with Gasteiger partial charge in [0.15, 0.2) is 10.7 Å². The fourth-order valence-electron chi connectivity index (χ4n) is 3.37. The summed E-state index contributed by atoms with van der Waals surface area (Å²) in [5.41, 5.74) is 5.08. The van der Waals surface area contributed by atoms with Crippen LogP contribution in [0, 0.1) is 6.92 Å². The van der Waals surface area contributed by atoms with Crippen LogP contribution in [0.5, 0.6) is 5.75 Å². The first kappa shape index (κ1) is 22.2. The van der Waals surface area contributed by atoms with Crippen LogP contribution in [0.1, 0.15) is 23.6 Å². The number of aryl methyl sites for hydroxylation is 2. The Morgan fingerprint density at radius 3 is 2.70 bits per heavy atom. The minimum Gasteiger partial charge on any atom is -0.507 e. The molecule has 0 unspecified atom stereocenters. The Morgan fingerprint density at radius 2 is 1.94 bits per heavy atom. The lowest BCUT2D eigenvalue weighted by Gasteiger charge is -2.12. The maximum absolute atomic E-state index is 12.2. The van der Waals surface area contributed by atoms with E-state index in [-0.39, 0.29) is 16.8 Å². The average molecular weight is 458 g/mol. The lowest BCUT2D eigenvalue weighted by molar-refractivity contribution is -0.115. The van der Waals surface area contributed by atoms with Crippen LogP contribution in [0.4, 0.5) is 5.69 Å². The maximum atomic E-state index is 12.2. The van der Waals surface area contributed by atoms with Crippen molar-refractivity contribution in [3.8, 4) is 17.2 Å². The minimum absolute atomic E-state index is 0.0727. The molecule has 1 heterocycles. The van der Waals surface area contributed by atoms with Crippen LogP contribution in [0.25, 0.3) is 28.6 Å². The molecular weight excluding hydrogens is 434 g/mol. The van der Waals surface area contributed by atoms with Crippen molar-refractivity contribution in [1.29, 1.82) is 0 Å². The van der Waals surface area contributed by atoms with Crippen LogP contribution in [0.2, 0.25) is 0 Å². The summed E-state index contributed by atoms with van der Waals surface area (Å²) >= 11 is 5.28. The molecule has 4 rings (SSSR count). The molecule has 0 fully saturated rings. The molecule has 3 aromatic carbocycles. The molecule has 1 aromatic heterocycles. The number of aromatic hydroxyl groups is 1. The molecule has 0 aliphatic carbocycles. The number of carbonyl (C=O) groups is 1. The number of hydrogen-bond acceptors (Lipinski definition) is 5. The lowest BCUT2D eigenvalue weighted by atomic mass is 10.1. The highest BCUT2D eigenvalue weighted by atomic mass is 32.1. The van der Waals surface area contributed by atoms with Crippen molar-refractivity contribution < 1.29 is 14.3 Å². The molecule has 3 N–H and O–H groups in total. The summed E-state index contributed by atoms with van der Waals surface area (Å²) in [6.45, 7) is 3.84. The molecule has 0 spiro atoms. The largest absolute Gasteiger partial charge is 0.507 e. The van der Waals surface area contributed by atoms with Gasteiger partial charge in [-0.2, -0.15) is 0 Å². The predicted molar refractivity (Wildman–Crippen MR) is 135 cm³/mol. The zero-order valence-corrected chi connectivity index (χ0v) is 19.1. The normalized spacial score (nSPS) is 11.1. The van der Waals surface area contributed by atoms with Crippen LogP contribution in [0.15, 0.2) is 71.2 Å². The smallest absolute Gasteiger partial charge is 0.250 e. The van der Waals surface area contributed by atoms with Gasteiger partial charge in [-0.05, 0) is 72.6 Å². The van der Waals surface area contributed by atoms with Crippen LogP contribution >= 0.6 is 12.2 Å². The standard InChI is InChI=1S/C26H23N3O3S/c1-3-17-9-11-22-21(14-17)28-25(32-22)20-15-19(13-16(2)24(20)31)27-26(33)29-23(30)12-10-18-7-5-4-6-8-18/h4-15,31H,3H2,1-2H3,(H2,27,29,30,33). The molecule has 0 atom stereocenters. The molecular formula is C26H23N3O3S. The third-order valence-electron chi connectivity index (χ3n) is 5.11. The van der Waals surface area contributed by atoms with Gasteiger partial charge < -0.3 is 14.8 Å². The fraction of sp³-hybridized carbons (Fsp3) is 0.115. The zero-order valence-electron chi connectivity index (χ0n) is 18.3. The Morgan fingerprint density at radius 1 is 1.15 bits per heavy atom. The Hall–Kier alpha value is -3.97. The number of nitrogens with zero attached hydrogens (tertiary/aromatic N) is 1. The van der Waals surface area contributed by atoms with Gasteiger partial charge in [0.1, 0.15) is 11.3 Å². The Labute approximate surface area is 197 Å². The molecule has 1 amide bonds.